The molecule has 0 aliphatic rings. The lowest BCUT2D eigenvalue weighted by molar-refractivity contribution is 0.196. The van der Waals surface area contributed by atoms with E-state index in [4.69, 9.17) is 5.73 Å². The van der Waals surface area contributed by atoms with Gasteiger partial charge in [-0.25, -0.2) is 0 Å². The molecule has 3 nitrogen and oxygen atoms in total. The molecule has 4 heteroatoms. The average molecular weight is 240 g/mol. The van der Waals surface area contributed by atoms with E-state index >= 15 is 0 Å². The minimum Gasteiger partial charge on any atom is -0.392 e. The van der Waals surface area contributed by atoms with Gasteiger partial charge in [0.25, 0.3) is 0 Å². The van der Waals surface area contributed by atoms with Gasteiger partial charge in [-0.15, -0.1) is 11.8 Å². The molecule has 1 rings (SSSR count). The quantitative estimate of drug-likeness (QED) is 0.826. The molecule has 0 aliphatic carbocycles. The Labute approximate surface area is 101 Å². The number of aliphatic hydroxyl groups is 1. The van der Waals surface area contributed by atoms with Gasteiger partial charge in [-0.2, -0.15) is 0 Å². The highest BCUT2D eigenvalue weighted by Crippen LogP contribution is 2.35. The highest BCUT2D eigenvalue weighted by atomic mass is 32.2. The van der Waals surface area contributed by atoms with Crippen LogP contribution in [0.15, 0.2) is 24.5 Å². The lowest BCUT2D eigenvalue weighted by Crippen LogP contribution is -2.26. The molecule has 1 aromatic rings. The Morgan fingerprint density at radius 1 is 1.25 bits per heavy atom. The standard InChI is InChI=1S/C12H20N2OS/c1-8(13)12(16-10(3)9(2)15)11-4-6-14-7-5-11/h4-10,12,15H,13H2,1-3H3. The van der Waals surface area contributed by atoms with Crippen molar-refractivity contribution in [2.45, 2.75) is 43.4 Å². The van der Waals surface area contributed by atoms with Gasteiger partial charge in [0.1, 0.15) is 0 Å². The van der Waals surface area contributed by atoms with Crippen LogP contribution in [-0.4, -0.2) is 27.5 Å². The summed E-state index contributed by atoms with van der Waals surface area (Å²) in [5.41, 5.74) is 7.16. The fourth-order valence-electron chi connectivity index (χ4n) is 1.40. The van der Waals surface area contributed by atoms with Gasteiger partial charge >= 0.3 is 0 Å². The fraction of sp³-hybridized carbons (Fsp3) is 0.583. The average Bonchev–Trinajstić information content (AvgIpc) is 2.26. The Bertz CT molecular complexity index is 303. The molecule has 0 amide bonds. The molecule has 0 saturated heterocycles. The van der Waals surface area contributed by atoms with Gasteiger partial charge in [0.15, 0.2) is 0 Å². The summed E-state index contributed by atoms with van der Waals surface area (Å²) in [7, 11) is 0. The normalized spacial score (nSPS) is 18.8. The summed E-state index contributed by atoms with van der Waals surface area (Å²) >= 11 is 1.71. The van der Waals surface area contributed by atoms with Gasteiger partial charge in [0, 0.05) is 28.9 Å². The summed E-state index contributed by atoms with van der Waals surface area (Å²) in [4.78, 5) is 4.00. The van der Waals surface area contributed by atoms with E-state index in [0.29, 0.717) is 0 Å². The lowest BCUT2D eigenvalue weighted by atomic mass is 10.1. The van der Waals surface area contributed by atoms with Gasteiger partial charge in [-0.05, 0) is 31.5 Å². The number of hydrogen-bond acceptors (Lipinski definition) is 4. The van der Waals surface area contributed by atoms with Crippen LogP contribution in [0.25, 0.3) is 0 Å². The zero-order chi connectivity index (χ0) is 12.1. The van der Waals surface area contributed by atoms with Crippen LogP contribution in [0.3, 0.4) is 0 Å². The summed E-state index contributed by atoms with van der Waals surface area (Å²) in [5.74, 6) is 0. The maximum absolute atomic E-state index is 9.52. The summed E-state index contributed by atoms with van der Waals surface area (Å²) in [6.07, 6.45) is 3.23. The molecule has 4 unspecified atom stereocenters. The van der Waals surface area contributed by atoms with E-state index in [1.54, 1.807) is 24.2 Å². The van der Waals surface area contributed by atoms with E-state index < -0.39 is 0 Å². The van der Waals surface area contributed by atoms with Crippen molar-refractivity contribution in [3.8, 4) is 0 Å². The fourth-order valence-corrected chi connectivity index (χ4v) is 2.66. The van der Waals surface area contributed by atoms with Gasteiger partial charge in [0.05, 0.1) is 6.10 Å². The first-order valence-corrected chi connectivity index (χ1v) is 6.45. The number of nitrogens with two attached hydrogens (primary N) is 1. The van der Waals surface area contributed by atoms with E-state index in [9.17, 15) is 5.11 Å². The lowest BCUT2D eigenvalue weighted by Gasteiger charge is -2.25. The molecule has 3 N–H and O–H groups in total. The van der Waals surface area contributed by atoms with E-state index in [1.165, 1.54) is 5.56 Å². The maximum atomic E-state index is 9.52. The third-order valence-corrected chi connectivity index (χ3v) is 4.37. The second-order valence-electron chi connectivity index (χ2n) is 4.14. The molecule has 4 atom stereocenters. The number of nitrogens with zero attached hydrogens (tertiary/aromatic N) is 1. The minimum atomic E-state index is -0.326. The molecule has 0 aliphatic heterocycles. The summed E-state index contributed by atoms with van der Waals surface area (Å²) in [6.45, 7) is 5.82. The van der Waals surface area contributed by atoms with Crippen LogP contribution in [0.5, 0.6) is 0 Å². The molecule has 0 aromatic carbocycles. The predicted octanol–water partition coefficient (Wildman–Crippen LogP) is 1.97. The second-order valence-corrected chi connectivity index (χ2v) is 5.67. The first kappa shape index (κ1) is 13.5. The molecular formula is C12H20N2OS. The molecule has 0 saturated carbocycles. The van der Waals surface area contributed by atoms with Crippen molar-refractivity contribution in [2.24, 2.45) is 5.73 Å². The van der Waals surface area contributed by atoms with Crippen molar-refractivity contribution in [3.63, 3.8) is 0 Å². The SMILES string of the molecule is CC(N)C(SC(C)C(C)O)c1ccncc1. The van der Waals surface area contributed by atoms with Crippen LogP contribution in [0, 0.1) is 0 Å². The van der Waals surface area contributed by atoms with Crippen LogP contribution >= 0.6 is 11.8 Å². The molecule has 1 aromatic heterocycles. The number of rotatable bonds is 5. The van der Waals surface area contributed by atoms with Crippen molar-refractivity contribution in [1.82, 2.24) is 4.98 Å². The van der Waals surface area contributed by atoms with E-state index in [0.717, 1.165) is 0 Å². The van der Waals surface area contributed by atoms with Crippen molar-refractivity contribution in [1.29, 1.82) is 0 Å². The smallest absolute Gasteiger partial charge is 0.0628 e. The monoisotopic (exact) mass is 240 g/mol. The predicted molar refractivity (Wildman–Crippen MR) is 69.4 cm³/mol. The topological polar surface area (TPSA) is 59.1 Å². The van der Waals surface area contributed by atoms with E-state index in [2.05, 4.69) is 4.98 Å². The Morgan fingerprint density at radius 2 is 1.81 bits per heavy atom. The molecule has 0 fully saturated rings. The van der Waals surface area contributed by atoms with Crippen LogP contribution in [-0.2, 0) is 0 Å². The molecular weight excluding hydrogens is 220 g/mol. The molecule has 0 radical (unpaired) electrons. The first-order valence-electron chi connectivity index (χ1n) is 5.51. The van der Waals surface area contributed by atoms with Gasteiger partial charge in [-0.1, -0.05) is 6.92 Å². The third-order valence-electron chi connectivity index (χ3n) is 2.55. The summed E-state index contributed by atoms with van der Waals surface area (Å²) < 4.78 is 0. The number of thioether (sulfide) groups is 1. The van der Waals surface area contributed by atoms with Crippen LogP contribution in [0.2, 0.25) is 0 Å². The highest BCUT2D eigenvalue weighted by molar-refractivity contribution is 8.00. The molecule has 1 heterocycles. The number of pyridine rings is 1. The number of hydrogen-bond donors (Lipinski definition) is 2. The van der Waals surface area contributed by atoms with Crippen molar-refractivity contribution >= 4 is 11.8 Å². The first-order chi connectivity index (χ1) is 7.52. The van der Waals surface area contributed by atoms with Gasteiger partial charge in [-0.3, -0.25) is 4.98 Å². The summed E-state index contributed by atoms with van der Waals surface area (Å²) in [5, 5.41) is 9.90. The minimum absolute atomic E-state index is 0.0496. The van der Waals surface area contributed by atoms with E-state index in [-0.39, 0.29) is 22.6 Å². The summed E-state index contributed by atoms with van der Waals surface area (Å²) in [6, 6.07) is 4.01. The van der Waals surface area contributed by atoms with Crippen molar-refractivity contribution < 1.29 is 5.11 Å². The maximum Gasteiger partial charge on any atom is 0.0628 e. The van der Waals surface area contributed by atoms with Crippen molar-refractivity contribution in [3.05, 3.63) is 30.1 Å². The van der Waals surface area contributed by atoms with Gasteiger partial charge in [0.2, 0.25) is 0 Å². The Morgan fingerprint density at radius 3 is 2.25 bits per heavy atom. The largest absolute Gasteiger partial charge is 0.392 e. The zero-order valence-corrected chi connectivity index (χ0v) is 10.8. The number of aliphatic hydroxyl groups excluding tert-OH is 1. The van der Waals surface area contributed by atoms with Crippen LogP contribution in [0.1, 0.15) is 31.6 Å². The molecule has 0 bridgehead atoms. The Kier molecular flexibility index (Phi) is 5.25. The molecule has 90 valence electrons. The highest BCUT2D eigenvalue weighted by Gasteiger charge is 2.21. The van der Waals surface area contributed by atoms with Crippen LogP contribution in [0.4, 0.5) is 0 Å². The Hall–Kier alpha value is -0.580. The van der Waals surface area contributed by atoms with Crippen LogP contribution < -0.4 is 5.73 Å². The Balaban J connectivity index is 2.77. The third kappa shape index (κ3) is 3.77. The second kappa shape index (κ2) is 6.23. The number of aromatic nitrogens is 1. The van der Waals surface area contributed by atoms with Crippen molar-refractivity contribution in [2.75, 3.05) is 0 Å². The molecule has 0 spiro atoms. The van der Waals surface area contributed by atoms with E-state index in [1.807, 2.05) is 32.9 Å². The molecule has 16 heavy (non-hydrogen) atoms. The zero-order valence-electron chi connectivity index (χ0n) is 10.00. The van der Waals surface area contributed by atoms with Gasteiger partial charge < -0.3 is 10.8 Å².